The maximum absolute atomic E-state index is 12.4. The minimum atomic E-state index is -0.131. The third kappa shape index (κ3) is 4.56. The van der Waals surface area contributed by atoms with Gasteiger partial charge in [-0.05, 0) is 32.3 Å². The van der Waals surface area contributed by atoms with Gasteiger partial charge in [0.1, 0.15) is 0 Å². The zero-order valence-corrected chi connectivity index (χ0v) is 13.5. The van der Waals surface area contributed by atoms with E-state index in [-0.39, 0.29) is 11.9 Å². The van der Waals surface area contributed by atoms with E-state index >= 15 is 0 Å². The maximum Gasteiger partial charge on any atom is 0.239 e. The summed E-state index contributed by atoms with van der Waals surface area (Å²) in [6, 6.07) is 0.304. The molecule has 1 amide bonds. The lowest BCUT2D eigenvalue weighted by Crippen LogP contribution is -2.48. The van der Waals surface area contributed by atoms with Crippen molar-refractivity contribution in [1.82, 2.24) is 20.0 Å². The molecule has 5 nitrogen and oxygen atoms in total. The van der Waals surface area contributed by atoms with E-state index in [0.29, 0.717) is 6.04 Å². The van der Waals surface area contributed by atoms with Gasteiger partial charge >= 0.3 is 0 Å². The maximum atomic E-state index is 12.4. The van der Waals surface area contributed by atoms with Crippen molar-refractivity contribution in [2.24, 2.45) is 0 Å². The summed E-state index contributed by atoms with van der Waals surface area (Å²) in [5, 5.41) is 7.56. The largest absolute Gasteiger partial charge is 0.341 e. The fourth-order valence-corrected chi connectivity index (χ4v) is 3.03. The number of aromatic nitrogens is 2. The number of rotatable bonds is 6. The van der Waals surface area contributed by atoms with Crippen molar-refractivity contribution >= 4 is 5.91 Å². The molecular formula is C16H28N4O. The molecule has 0 spiro atoms. The van der Waals surface area contributed by atoms with Crippen molar-refractivity contribution in [1.29, 1.82) is 0 Å². The first-order chi connectivity index (χ1) is 10.1. The monoisotopic (exact) mass is 292 g/mol. The molecule has 2 rings (SSSR count). The molecule has 0 aliphatic heterocycles. The highest BCUT2D eigenvalue weighted by molar-refractivity contribution is 5.81. The van der Waals surface area contributed by atoms with E-state index in [9.17, 15) is 4.79 Å². The van der Waals surface area contributed by atoms with Crippen LogP contribution in [0.25, 0.3) is 0 Å². The zero-order valence-electron chi connectivity index (χ0n) is 13.5. The quantitative estimate of drug-likeness (QED) is 0.872. The third-order valence-corrected chi connectivity index (χ3v) is 4.39. The number of nitrogens with one attached hydrogen (secondary N) is 1. The predicted molar refractivity (Wildman–Crippen MR) is 84.1 cm³/mol. The van der Waals surface area contributed by atoms with Crippen LogP contribution in [0, 0.1) is 6.92 Å². The minimum Gasteiger partial charge on any atom is -0.341 e. The highest BCUT2D eigenvalue weighted by Crippen LogP contribution is 2.21. The van der Waals surface area contributed by atoms with Gasteiger partial charge in [0, 0.05) is 25.8 Å². The highest BCUT2D eigenvalue weighted by Gasteiger charge is 2.25. The number of aryl methyl sites for hydroxylation is 1. The number of hydrogen-bond acceptors (Lipinski definition) is 3. The van der Waals surface area contributed by atoms with Gasteiger partial charge in [0.2, 0.25) is 5.91 Å². The molecule has 1 heterocycles. The third-order valence-electron chi connectivity index (χ3n) is 4.39. The van der Waals surface area contributed by atoms with Crippen LogP contribution in [-0.2, 0) is 11.3 Å². The molecule has 0 aromatic carbocycles. The van der Waals surface area contributed by atoms with Crippen LogP contribution in [0.3, 0.4) is 0 Å². The average molecular weight is 292 g/mol. The van der Waals surface area contributed by atoms with Crippen LogP contribution in [0.4, 0.5) is 0 Å². The van der Waals surface area contributed by atoms with Crippen LogP contribution in [0.5, 0.6) is 0 Å². The molecule has 1 aromatic rings. The molecule has 0 bridgehead atoms. The molecule has 5 heteroatoms. The van der Waals surface area contributed by atoms with Crippen molar-refractivity contribution in [2.75, 3.05) is 13.6 Å². The first kappa shape index (κ1) is 16.0. The summed E-state index contributed by atoms with van der Waals surface area (Å²) in [5.74, 6) is 0.207. The van der Waals surface area contributed by atoms with Crippen LogP contribution in [0.1, 0.15) is 44.6 Å². The van der Waals surface area contributed by atoms with Crippen LogP contribution < -0.4 is 5.32 Å². The SMILES string of the molecule is Cc1cnn(CCN[C@H](C)C(=O)N(C)C2CCCCC2)c1. The Hall–Kier alpha value is -1.36. The van der Waals surface area contributed by atoms with E-state index in [1.54, 1.807) is 0 Å². The molecule has 0 radical (unpaired) electrons. The van der Waals surface area contributed by atoms with Gasteiger partial charge in [0.25, 0.3) is 0 Å². The zero-order chi connectivity index (χ0) is 15.2. The van der Waals surface area contributed by atoms with Crippen molar-refractivity contribution in [2.45, 2.75) is 64.6 Å². The Kier molecular flexibility index (Phi) is 5.79. The van der Waals surface area contributed by atoms with E-state index < -0.39 is 0 Å². The molecule has 118 valence electrons. The minimum absolute atomic E-state index is 0.131. The normalized spacial score (nSPS) is 17.7. The Balaban J connectivity index is 1.73. The fourth-order valence-electron chi connectivity index (χ4n) is 3.03. The number of likely N-dealkylation sites (N-methyl/N-ethyl adjacent to an activating group) is 1. The van der Waals surface area contributed by atoms with Crippen molar-refractivity contribution < 1.29 is 4.79 Å². The second-order valence-corrected chi connectivity index (χ2v) is 6.20. The highest BCUT2D eigenvalue weighted by atomic mass is 16.2. The molecule has 1 aliphatic rings. The standard InChI is InChI=1S/C16H28N4O/c1-13-11-18-20(12-13)10-9-17-14(2)16(21)19(3)15-7-5-4-6-8-15/h11-12,14-15,17H,4-10H2,1-3H3/t14-/m1/s1. The summed E-state index contributed by atoms with van der Waals surface area (Å²) in [6.07, 6.45) is 10.00. The summed E-state index contributed by atoms with van der Waals surface area (Å²) in [4.78, 5) is 14.4. The Morgan fingerprint density at radius 3 is 2.81 bits per heavy atom. The number of carbonyl (C=O) groups is 1. The molecule has 1 saturated carbocycles. The molecule has 1 aromatic heterocycles. The Labute approximate surface area is 127 Å². The summed E-state index contributed by atoms with van der Waals surface area (Å²) < 4.78 is 1.91. The number of nitrogens with zero attached hydrogens (tertiary/aromatic N) is 3. The van der Waals surface area contributed by atoms with Gasteiger partial charge in [0.05, 0.1) is 18.8 Å². The Bertz CT molecular complexity index is 451. The molecule has 0 saturated heterocycles. The van der Waals surface area contributed by atoms with Crippen LogP contribution in [0.15, 0.2) is 12.4 Å². The van der Waals surface area contributed by atoms with E-state index in [4.69, 9.17) is 0 Å². The second kappa shape index (κ2) is 7.59. The number of carbonyl (C=O) groups excluding carboxylic acids is 1. The van der Waals surface area contributed by atoms with Crippen LogP contribution in [-0.4, -0.2) is 46.3 Å². The molecule has 1 fully saturated rings. The topological polar surface area (TPSA) is 50.2 Å². The van der Waals surface area contributed by atoms with Gasteiger partial charge in [-0.1, -0.05) is 19.3 Å². The molecule has 1 aliphatic carbocycles. The summed E-state index contributed by atoms with van der Waals surface area (Å²) in [5.41, 5.74) is 1.16. The Morgan fingerprint density at radius 1 is 1.48 bits per heavy atom. The lowest BCUT2D eigenvalue weighted by molar-refractivity contribution is -0.134. The molecule has 0 unspecified atom stereocenters. The van der Waals surface area contributed by atoms with Gasteiger partial charge in [0.15, 0.2) is 0 Å². The average Bonchev–Trinajstić information content (AvgIpc) is 2.92. The predicted octanol–water partition coefficient (Wildman–Crippen LogP) is 1.96. The fraction of sp³-hybridized carbons (Fsp3) is 0.750. The summed E-state index contributed by atoms with van der Waals surface area (Å²) in [7, 11) is 1.95. The Morgan fingerprint density at radius 2 is 2.19 bits per heavy atom. The smallest absolute Gasteiger partial charge is 0.239 e. The van der Waals surface area contributed by atoms with Crippen LogP contribution >= 0.6 is 0 Å². The van der Waals surface area contributed by atoms with Crippen molar-refractivity contribution in [3.63, 3.8) is 0 Å². The second-order valence-electron chi connectivity index (χ2n) is 6.20. The lowest BCUT2D eigenvalue weighted by Gasteiger charge is -2.33. The molecular weight excluding hydrogens is 264 g/mol. The van der Waals surface area contributed by atoms with E-state index in [1.165, 1.54) is 19.3 Å². The molecule has 1 N–H and O–H groups in total. The van der Waals surface area contributed by atoms with Crippen LogP contribution in [0.2, 0.25) is 0 Å². The van der Waals surface area contributed by atoms with E-state index in [1.807, 2.05) is 42.9 Å². The lowest BCUT2D eigenvalue weighted by atomic mass is 9.94. The van der Waals surface area contributed by atoms with Gasteiger partial charge in [-0.25, -0.2) is 0 Å². The summed E-state index contributed by atoms with van der Waals surface area (Å²) in [6.45, 7) is 5.53. The van der Waals surface area contributed by atoms with Crippen molar-refractivity contribution in [3.8, 4) is 0 Å². The molecule has 1 atom stereocenters. The molecule has 21 heavy (non-hydrogen) atoms. The summed E-state index contributed by atoms with van der Waals surface area (Å²) >= 11 is 0. The van der Waals surface area contributed by atoms with E-state index in [0.717, 1.165) is 31.5 Å². The number of amides is 1. The first-order valence-electron chi connectivity index (χ1n) is 8.07. The van der Waals surface area contributed by atoms with E-state index in [2.05, 4.69) is 10.4 Å². The number of hydrogen-bond donors (Lipinski definition) is 1. The van der Waals surface area contributed by atoms with Crippen molar-refractivity contribution in [3.05, 3.63) is 18.0 Å². The first-order valence-corrected chi connectivity index (χ1v) is 8.07. The van der Waals surface area contributed by atoms with Gasteiger partial charge in [-0.3, -0.25) is 9.48 Å². The van der Waals surface area contributed by atoms with Gasteiger partial charge in [-0.15, -0.1) is 0 Å². The van der Waals surface area contributed by atoms with Gasteiger partial charge < -0.3 is 10.2 Å². The van der Waals surface area contributed by atoms with Gasteiger partial charge in [-0.2, -0.15) is 5.10 Å².